The molecule has 2 aromatic heterocycles. The highest BCUT2D eigenvalue weighted by molar-refractivity contribution is 5.83. The van der Waals surface area contributed by atoms with E-state index >= 15 is 0 Å². The van der Waals surface area contributed by atoms with Crippen LogP contribution in [0.4, 0.5) is 0 Å². The summed E-state index contributed by atoms with van der Waals surface area (Å²) in [6, 6.07) is 7.39. The number of ether oxygens (including phenoxy) is 2. The number of aryl methyl sites for hydroxylation is 1. The molecule has 0 saturated carbocycles. The number of fused-ring (bicyclic) bond motifs is 1. The van der Waals surface area contributed by atoms with Crippen LogP contribution in [0, 0.1) is 13.8 Å². The zero-order chi connectivity index (χ0) is 22.0. The second-order valence-corrected chi connectivity index (χ2v) is 7.73. The monoisotopic (exact) mass is 423 g/mol. The highest BCUT2D eigenvalue weighted by Gasteiger charge is 2.28. The third-order valence-corrected chi connectivity index (χ3v) is 5.66. The lowest BCUT2D eigenvalue weighted by Gasteiger charge is -2.33. The van der Waals surface area contributed by atoms with Crippen molar-refractivity contribution < 1.29 is 18.7 Å². The van der Waals surface area contributed by atoms with Crippen molar-refractivity contribution in [2.75, 3.05) is 13.1 Å². The highest BCUT2D eigenvalue weighted by atomic mass is 16.5. The van der Waals surface area contributed by atoms with Crippen LogP contribution in [0.25, 0.3) is 11.0 Å². The van der Waals surface area contributed by atoms with Crippen molar-refractivity contribution in [3.63, 3.8) is 0 Å². The van der Waals surface area contributed by atoms with E-state index in [0.717, 1.165) is 10.9 Å². The molecule has 0 spiro atoms. The third kappa shape index (κ3) is 4.52. The molecule has 1 aromatic carbocycles. The lowest BCUT2D eigenvalue weighted by Crippen LogP contribution is -2.46. The van der Waals surface area contributed by atoms with Gasteiger partial charge in [-0.25, -0.2) is 14.8 Å². The van der Waals surface area contributed by atoms with Gasteiger partial charge < -0.3 is 18.8 Å². The number of rotatable bonds is 5. The van der Waals surface area contributed by atoms with Crippen LogP contribution < -0.4 is 15.1 Å². The number of likely N-dealkylation sites (tertiary alicyclic amines) is 1. The van der Waals surface area contributed by atoms with Crippen molar-refractivity contribution >= 4 is 16.9 Å². The SMILES string of the molecule is Cc1c(C)c2ccc(OC(C)C(=O)N3CCC(Oc4ncccn4)CC3)cc2oc1=O. The molecule has 1 fully saturated rings. The summed E-state index contributed by atoms with van der Waals surface area (Å²) in [6.45, 7) is 6.51. The first-order valence-electron chi connectivity index (χ1n) is 10.4. The fourth-order valence-corrected chi connectivity index (χ4v) is 3.70. The van der Waals surface area contributed by atoms with Crippen LogP contribution in [0.2, 0.25) is 0 Å². The average Bonchev–Trinajstić information content (AvgIpc) is 2.78. The zero-order valence-electron chi connectivity index (χ0n) is 17.8. The molecule has 4 rings (SSSR count). The lowest BCUT2D eigenvalue weighted by atomic mass is 10.1. The van der Waals surface area contributed by atoms with Crippen LogP contribution >= 0.6 is 0 Å². The predicted octanol–water partition coefficient (Wildman–Crippen LogP) is 3.04. The van der Waals surface area contributed by atoms with Crippen LogP contribution in [0.1, 0.15) is 30.9 Å². The number of hydrogen-bond donors (Lipinski definition) is 0. The highest BCUT2D eigenvalue weighted by Crippen LogP contribution is 2.25. The van der Waals surface area contributed by atoms with Gasteiger partial charge in [-0.2, -0.15) is 0 Å². The Morgan fingerprint density at radius 1 is 1.16 bits per heavy atom. The van der Waals surface area contributed by atoms with Crippen molar-refractivity contribution in [3.05, 3.63) is 58.2 Å². The first-order valence-corrected chi connectivity index (χ1v) is 10.4. The van der Waals surface area contributed by atoms with E-state index in [9.17, 15) is 9.59 Å². The summed E-state index contributed by atoms with van der Waals surface area (Å²) < 4.78 is 17.0. The first kappa shape index (κ1) is 20.8. The summed E-state index contributed by atoms with van der Waals surface area (Å²) >= 11 is 0. The number of nitrogens with zero attached hydrogens (tertiary/aromatic N) is 3. The number of piperidine rings is 1. The quantitative estimate of drug-likeness (QED) is 0.582. The summed E-state index contributed by atoms with van der Waals surface area (Å²) in [6.07, 6.45) is 4.01. The molecule has 162 valence electrons. The van der Waals surface area contributed by atoms with Gasteiger partial charge in [0, 0.05) is 55.3 Å². The Hall–Kier alpha value is -3.42. The Morgan fingerprint density at radius 3 is 2.58 bits per heavy atom. The molecular formula is C23H25N3O5. The van der Waals surface area contributed by atoms with Gasteiger partial charge in [0.1, 0.15) is 17.4 Å². The Balaban J connectivity index is 1.37. The molecule has 1 aliphatic rings. The molecule has 0 N–H and O–H groups in total. The summed E-state index contributed by atoms with van der Waals surface area (Å²) in [4.78, 5) is 34.7. The summed E-state index contributed by atoms with van der Waals surface area (Å²) in [5.74, 6) is 0.398. The Labute approximate surface area is 179 Å². The van der Waals surface area contributed by atoms with Gasteiger partial charge >= 0.3 is 11.6 Å². The van der Waals surface area contributed by atoms with Gasteiger partial charge in [0.15, 0.2) is 6.10 Å². The van der Waals surface area contributed by atoms with Gasteiger partial charge in [0.2, 0.25) is 0 Å². The number of benzene rings is 1. The minimum Gasteiger partial charge on any atom is -0.481 e. The molecule has 1 atom stereocenters. The molecule has 1 amide bonds. The average molecular weight is 423 g/mol. The minimum atomic E-state index is -0.661. The molecule has 8 nitrogen and oxygen atoms in total. The predicted molar refractivity (Wildman–Crippen MR) is 114 cm³/mol. The van der Waals surface area contributed by atoms with Crippen molar-refractivity contribution in [3.8, 4) is 11.8 Å². The second-order valence-electron chi connectivity index (χ2n) is 7.73. The molecule has 0 radical (unpaired) electrons. The van der Waals surface area contributed by atoms with Crippen LogP contribution in [0.15, 0.2) is 45.9 Å². The Morgan fingerprint density at radius 2 is 1.87 bits per heavy atom. The van der Waals surface area contributed by atoms with Gasteiger partial charge in [-0.05, 0) is 44.5 Å². The third-order valence-electron chi connectivity index (χ3n) is 5.66. The van der Waals surface area contributed by atoms with Crippen LogP contribution in [-0.2, 0) is 4.79 Å². The normalized spacial score (nSPS) is 15.6. The summed E-state index contributed by atoms with van der Waals surface area (Å²) in [5.41, 5.74) is 1.56. The second kappa shape index (κ2) is 8.75. The van der Waals surface area contributed by atoms with Crippen molar-refractivity contribution in [2.24, 2.45) is 0 Å². The van der Waals surface area contributed by atoms with Gasteiger partial charge in [-0.15, -0.1) is 0 Å². The number of aromatic nitrogens is 2. The van der Waals surface area contributed by atoms with E-state index in [4.69, 9.17) is 13.9 Å². The molecular weight excluding hydrogens is 398 g/mol. The van der Waals surface area contributed by atoms with Crippen LogP contribution in [-0.4, -0.2) is 46.1 Å². The lowest BCUT2D eigenvalue weighted by molar-refractivity contribution is -0.139. The fourth-order valence-electron chi connectivity index (χ4n) is 3.70. The number of amides is 1. The number of hydrogen-bond acceptors (Lipinski definition) is 7. The maximum absolute atomic E-state index is 12.8. The van der Waals surface area contributed by atoms with Gasteiger partial charge in [-0.1, -0.05) is 0 Å². The van der Waals surface area contributed by atoms with Gasteiger partial charge in [-0.3, -0.25) is 4.79 Å². The smallest absolute Gasteiger partial charge is 0.339 e. The standard InChI is InChI=1S/C23H25N3O5/c1-14-15(2)22(28)31-20-13-18(5-6-19(14)20)29-16(3)21(27)26-11-7-17(8-12-26)30-23-24-9-4-10-25-23/h4-6,9-10,13,16-17H,7-8,11-12H2,1-3H3. The van der Waals surface area contributed by atoms with Gasteiger partial charge in [0.25, 0.3) is 5.91 Å². The largest absolute Gasteiger partial charge is 0.481 e. The molecule has 1 aliphatic heterocycles. The van der Waals surface area contributed by atoms with E-state index in [0.29, 0.717) is 48.8 Å². The van der Waals surface area contributed by atoms with Gasteiger partial charge in [0.05, 0.1) is 0 Å². The maximum Gasteiger partial charge on any atom is 0.339 e. The van der Waals surface area contributed by atoms with Crippen LogP contribution in [0.3, 0.4) is 0 Å². The Bertz CT molecular complexity index is 1140. The van der Waals surface area contributed by atoms with E-state index in [1.54, 1.807) is 49.3 Å². The van der Waals surface area contributed by atoms with E-state index in [1.807, 2.05) is 13.0 Å². The van der Waals surface area contributed by atoms with Crippen molar-refractivity contribution in [1.82, 2.24) is 14.9 Å². The van der Waals surface area contributed by atoms with E-state index in [1.165, 1.54) is 0 Å². The molecule has 0 aliphatic carbocycles. The fraction of sp³-hybridized carbons (Fsp3) is 0.391. The van der Waals surface area contributed by atoms with E-state index < -0.39 is 6.10 Å². The van der Waals surface area contributed by atoms with Crippen molar-refractivity contribution in [2.45, 2.75) is 45.8 Å². The van der Waals surface area contributed by atoms with E-state index in [-0.39, 0.29) is 17.6 Å². The summed E-state index contributed by atoms with van der Waals surface area (Å²) in [7, 11) is 0. The number of carbonyl (C=O) groups is 1. The molecule has 8 heteroatoms. The molecule has 1 saturated heterocycles. The number of carbonyl (C=O) groups excluding carboxylic acids is 1. The molecule has 3 aromatic rings. The molecule has 1 unspecified atom stereocenters. The topological polar surface area (TPSA) is 94.8 Å². The van der Waals surface area contributed by atoms with Crippen LogP contribution in [0.5, 0.6) is 11.8 Å². The minimum absolute atomic E-state index is 0.0160. The zero-order valence-corrected chi connectivity index (χ0v) is 17.8. The molecule has 3 heterocycles. The molecule has 31 heavy (non-hydrogen) atoms. The Kier molecular flexibility index (Phi) is 5.88. The maximum atomic E-state index is 12.8. The molecule has 0 bridgehead atoms. The van der Waals surface area contributed by atoms with E-state index in [2.05, 4.69) is 9.97 Å². The first-order chi connectivity index (χ1) is 14.9. The summed E-state index contributed by atoms with van der Waals surface area (Å²) in [5, 5.41) is 0.855. The van der Waals surface area contributed by atoms with Crippen molar-refractivity contribution in [1.29, 1.82) is 0 Å².